The number of amidine groups is 1. The zero-order valence-electron chi connectivity index (χ0n) is 15.1. The average molecular weight is 439 g/mol. The van der Waals surface area contributed by atoms with Gasteiger partial charge in [0.15, 0.2) is 16.7 Å². The monoisotopic (exact) mass is 439 g/mol. The molecule has 2 aromatic carbocycles. The van der Waals surface area contributed by atoms with E-state index in [9.17, 15) is 28.1 Å². The van der Waals surface area contributed by atoms with E-state index in [4.69, 9.17) is 15.2 Å². The van der Waals surface area contributed by atoms with Crippen molar-refractivity contribution in [2.75, 3.05) is 7.11 Å². The van der Waals surface area contributed by atoms with E-state index in [0.29, 0.717) is 22.6 Å². The van der Waals surface area contributed by atoms with Crippen molar-refractivity contribution in [3.8, 4) is 17.2 Å². The number of carbonyl (C=O) groups is 1. The Balaban J connectivity index is 1.93. The smallest absolute Gasteiger partial charge is 0.416 e. The lowest BCUT2D eigenvalue weighted by molar-refractivity contribution is -0.385. The highest BCUT2D eigenvalue weighted by molar-refractivity contribution is 8.18. The second kappa shape index (κ2) is 8.06. The molecule has 1 aliphatic rings. The molecule has 0 spiro atoms. The third-order valence-electron chi connectivity index (χ3n) is 3.83. The first-order chi connectivity index (χ1) is 14.1. The van der Waals surface area contributed by atoms with E-state index < -0.39 is 28.3 Å². The maximum atomic E-state index is 12.8. The molecule has 2 N–H and O–H groups in total. The first-order valence-corrected chi connectivity index (χ1v) is 8.89. The predicted molar refractivity (Wildman–Crippen MR) is 103 cm³/mol. The van der Waals surface area contributed by atoms with Crippen LogP contribution in [0.4, 0.5) is 18.9 Å². The molecular formula is C18H12F3N3O5S. The molecule has 1 amide bonds. The lowest BCUT2D eigenvalue weighted by Gasteiger charge is -2.13. The van der Waals surface area contributed by atoms with E-state index in [0.717, 1.165) is 17.8 Å². The van der Waals surface area contributed by atoms with Crippen LogP contribution in [0, 0.1) is 10.1 Å². The normalized spacial score (nSPS) is 15.3. The van der Waals surface area contributed by atoms with Crippen molar-refractivity contribution in [2.45, 2.75) is 6.18 Å². The van der Waals surface area contributed by atoms with Gasteiger partial charge in [0.2, 0.25) is 5.75 Å². The van der Waals surface area contributed by atoms with Gasteiger partial charge in [-0.2, -0.15) is 18.2 Å². The Morgan fingerprint density at radius 1 is 1.17 bits per heavy atom. The quantitative estimate of drug-likeness (QED) is 0.418. The molecule has 2 aromatic rings. The summed E-state index contributed by atoms with van der Waals surface area (Å²) in [5.41, 5.74) is 4.00. The summed E-state index contributed by atoms with van der Waals surface area (Å²) in [6.45, 7) is 0. The van der Waals surface area contributed by atoms with Crippen LogP contribution >= 0.6 is 11.8 Å². The molecule has 0 aromatic heterocycles. The number of nitrogens with zero attached hydrogens (tertiary/aromatic N) is 2. The van der Waals surface area contributed by atoms with Gasteiger partial charge in [0.05, 0.1) is 22.5 Å². The molecule has 0 unspecified atom stereocenters. The standard InChI is InChI=1S/C18H12F3N3O5S/c1-28-14-6-9(7-15-16(25)23-17(22)30-15)2-4-13(14)29-12-5-3-10(18(19,20)21)8-11(12)24(26)27/h2-8H,1H3,(H2,22,23,25)/b15-7+. The number of rotatable bonds is 5. The second-order valence-electron chi connectivity index (χ2n) is 5.82. The number of hydrogen-bond donors (Lipinski definition) is 1. The van der Waals surface area contributed by atoms with E-state index in [-0.39, 0.29) is 22.4 Å². The minimum atomic E-state index is -4.74. The molecule has 1 heterocycles. The molecule has 0 fully saturated rings. The van der Waals surface area contributed by atoms with Crippen molar-refractivity contribution in [3.63, 3.8) is 0 Å². The van der Waals surface area contributed by atoms with Gasteiger partial charge in [-0.3, -0.25) is 14.9 Å². The van der Waals surface area contributed by atoms with Gasteiger partial charge < -0.3 is 15.2 Å². The highest BCUT2D eigenvalue weighted by Crippen LogP contribution is 2.40. The summed E-state index contributed by atoms with van der Waals surface area (Å²) in [5.74, 6) is -0.705. The number of carbonyl (C=O) groups excluding carboxylic acids is 1. The van der Waals surface area contributed by atoms with Crippen molar-refractivity contribution in [3.05, 3.63) is 62.5 Å². The number of methoxy groups -OCH3 is 1. The lowest BCUT2D eigenvalue weighted by Crippen LogP contribution is -2.06. The Morgan fingerprint density at radius 2 is 1.87 bits per heavy atom. The Kier molecular flexibility index (Phi) is 5.69. The van der Waals surface area contributed by atoms with Crippen molar-refractivity contribution in [1.29, 1.82) is 0 Å². The van der Waals surface area contributed by atoms with E-state index in [1.54, 1.807) is 0 Å². The summed E-state index contributed by atoms with van der Waals surface area (Å²) < 4.78 is 49.2. The van der Waals surface area contributed by atoms with Crippen LogP contribution < -0.4 is 15.2 Å². The number of hydrogen-bond acceptors (Lipinski definition) is 7. The van der Waals surface area contributed by atoms with Gasteiger partial charge in [0.25, 0.3) is 5.91 Å². The van der Waals surface area contributed by atoms with Crippen LogP contribution in [0.1, 0.15) is 11.1 Å². The SMILES string of the molecule is COc1cc(/C=C2/SC(N)=NC2=O)ccc1Oc1ccc(C(F)(F)F)cc1[N+](=O)[O-]. The lowest BCUT2D eigenvalue weighted by atomic mass is 10.1. The van der Waals surface area contributed by atoms with Crippen molar-refractivity contribution < 1.29 is 32.4 Å². The highest BCUT2D eigenvalue weighted by Gasteiger charge is 2.33. The number of alkyl halides is 3. The number of halogens is 3. The third-order valence-corrected chi connectivity index (χ3v) is 4.64. The van der Waals surface area contributed by atoms with Crippen LogP contribution in [-0.2, 0) is 11.0 Å². The van der Waals surface area contributed by atoms with Gasteiger partial charge in [0.1, 0.15) is 0 Å². The maximum absolute atomic E-state index is 12.8. The zero-order chi connectivity index (χ0) is 22.1. The van der Waals surface area contributed by atoms with E-state index in [2.05, 4.69) is 4.99 Å². The first-order valence-electron chi connectivity index (χ1n) is 8.08. The number of ether oxygens (including phenoxy) is 2. The van der Waals surface area contributed by atoms with Crippen LogP contribution in [-0.4, -0.2) is 23.1 Å². The molecule has 156 valence electrons. The number of thioether (sulfide) groups is 1. The van der Waals surface area contributed by atoms with Gasteiger partial charge >= 0.3 is 11.9 Å². The van der Waals surface area contributed by atoms with E-state index >= 15 is 0 Å². The number of nitrogens with two attached hydrogens (primary N) is 1. The molecule has 8 nitrogen and oxygen atoms in total. The molecule has 3 rings (SSSR count). The Morgan fingerprint density at radius 3 is 2.43 bits per heavy atom. The maximum Gasteiger partial charge on any atom is 0.416 e. The molecule has 1 aliphatic heterocycles. The number of aliphatic imine (C=N–C) groups is 1. The molecule has 0 saturated carbocycles. The van der Waals surface area contributed by atoms with Crippen LogP contribution in [0.5, 0.6) is 17.2 Å². The van der Waals surface area contributed by atoms with E-state index in [1.807, 2.05) is 0 Å². The van der Waals surface area contributed by atoms with Crippen molar-refractivity contribution in [2.24, 2.45) is 10.7 Å². The van der Waals surface area contributed by atoms with Gasteiger partial charge in [0, 0.05) is 6.07 Å². The molecular weight excluding hydrogens is 427 g/mol. The molecule has 0 saturated heterocycles. The van der Waals surface area contributed by atoms with Crippen molar-refractivity contribution >= 4 is 34.6 Å². The molecule has 0 aliphatic carbocycles. The van der Waals surface area contributed by atoms with Crippen LogP contribution in [0.3, 0.4) is 0 Å². The Hall–Kier alpha value is -3.54. The summed E-state index contributed by atoms with van der Waals surface area (Å²) in [6, 6.07) is 6.36. The van der Waals surface area contributed by atoms with Gasteiger partial charge in [-0.1, -0.05) is 6.07 Å². The molecule has 0 radical (unpaired) electrons. The summed E-state index contributed by atoms with van der Waals surface area (Å²) >= 11 is 0.998. The number of nitro benzene ring substituents is 1. The summed E-state index contributed by atoms with van der Waals surface area (Å²) in [6.07, 6.45) is -3.22. The Bertz CT molecular complexity index is 1100. The molecule has 30 heavy (non-hydrogen) atoms. The highest BCUT2D eigenvalue weighted by atomic mass is 32.2. The molecule has 0 atom stereocenters. The summed E-state index contributed by atoms with van der Waals surface area (Å²) in [7, 11) is 1.32. The Labute approximate surface area is 171 Å². The van der Waals surface area contributed by atoms with Gasteiger partial charge in [-0.15, -0.1) is 0 Å². The van der Waals surface area contributed by atoms with Crippen LogP contribution in [0.15, 0.2) is 46.3 Å². The fraction of sp³-hybridized carbons (Fsp3) is 0.111. The fourth-order valence-electron chi connectivity index (χ4n) is 2.48. The topological polar surface area (TPSA) is 117 Å². The summed E-state index contributed by atoms with van der Waals surface area (Å²) in [5, 5.41) is 11.3. The van der Waals surface area contributed by atoms with Crippen LogP contribution in [0.25, 0.3) is 6.08 Å². The first kappa shape index (κ1) is 21.2. The minimum Gasteiger partial charge on any atom is -0.493 e. The third kappa shape index (κ3) is 4.54. The summed E-state index contributed by atoms with van der Waals surface area (Å²) in [4.78, 5) is 25.8. The largest absolute Gasteiger partial charge is 0.493 e. The number of amides is 1. The van der Waals surface area contributed by atoms with Crippen LogP contribution in [0.2, 0.25) is 0 Å². The number of benzene rings is 2. The van der Waals surface area contributed by atoms with Crippen molar-refractivity contribution in [1.82, 2.24) is 0 Å². The average Bonchev–Trinajstić information content (AvgIpc) is 2.98. The predicted octanol–water partition coefficient (Wildman–Crippen LogP) is 4.34. The molecule has 0 bridgehead atoms. The minimum absolute atomic E-state index is 0.0312. The van der Waals surface area contributed by atoms with Gasteiger partial charge in [-0.05, 0) is 47.7 Å². The van der Waals surface area contributed by atoms with Gasteiger partial charge in [-0.25, -0.2) is 0 Å². The fourth-order valence-corrected chi connectivity index (χ4v) is 3.16. The van der Waals surface area contributed by atoms with E-state index in [1.165, 1.54) is 31.4 Å². The molecule has 12 heteroatoms. The second-order valence-corrected chi connectivity index (χ2v) is 6.88. The number of nitro groups is 1. The zero-order valence-corrected chi connectivity index (χ0v) is 15.9.